The summed E-state index contributed by atoms with van der Waals surface area (Å²) in [5.41, 5.74) is 4.79. The molecule has 2 heteroatoms. The number of carboxylic acids is 1. The summed E-state index contributed by atoms with van der Waals surface area (Å²) < 4.78 is 0. The van der Waals surface area contributed by atoms with E-state index in [0.29, 0.717) is 5.92 Å². The second kappa shape index (κ2) is 7.06. The van der Waals surface area contributed by atoms with Crippen molar-refractivity contribution in [3.05, 3.63) is 22.8 Å². The lowest BCUT2D eigenvalue weighted by atomic mass is 9.53. The van der Waals surface area contributed by atoms with Gasteiger partial charge in [-0.3, -0.25) is 4.79 Å². The van der Waals surface area contributed by atoms with Crippen LogP contribution in [0.4, 0.5) is 0 Å². The van der Waals surface area contributed by atoms with Crippen LogP contribution < -0.4 is 0 Å². The van der Waals surface area contributed by atoms with Crippen molar-refractivity contribution in [2.24, 2.45) is 22.7 Å². The van der Waals surface area contributed by atoms with E-state index in [4.69, 9.17) is 0 Å². The molecule has 2 aliphatic carbocycles. The van der Waals surface area contributed by atoms with E-state index in [1.165, 1.54) is 5.57 Å². The highest BCUT2D eigenvalue weighted by Crippen LogP contribution is 2.67. The van der Waals surface area contributed by atoms with Gasteiger partial charge in [0.25, 0.3) is 0 Å². The van der Waals surface area contributed by atoms with E-state index in [0.717, 1.165) is 44.9 Å². The Morgan fingerprint density at radius 1 is 1.33 bits per heavy atom. The van der Waals surface area contributed by atoms with Crippen LogP contribution in [0.15, 0.2) is 22.8 Å². The standard InChI is InChI=1S/C22H36O2/c1-7-18-16(4)11-13-22(6)19(12-14-21(18,22)5)17(20(23)24)10-8-9-15(2)3/h9,17,19H,7-8,10-14H2,1-6H3,(H,23,24). The number of carbonyl (C=O) groups is 1. The molecule has 2 rings (SSSR count). The topological polar surface area (TPSA) is 37.3 Å². The Balaban J connectivity index is 2.32. The van der Waals surface area contributed by atoms with Crippen LogP contribution in [0.25, 0.3) is 0 Å². The van der Waals surface area contributed by atoms with Crippen LogP contribution in [0.3, 0.4) is 0 Å². The van der Waals surface area contributed by atoms with Crippen LogP contribution in [0, 0.1) is 22.7 Å². The van der Waals surface area contributed by atoms with Crippen molar-refractivity contribution >= 4 is 5.97 Å². The predicted octanol–water partition coefficient (Wildman–Crippen LogP) is 6.38. The summed E-state index contributed by atoms with van der Waals surface area (Å²) in [6, 6.07) is 0. The highest BCUT2D eigenvalue weighted by atomic mass is 16.4. The summed E-state index contributed by atoms with van der Waals surface area (Å²) in [7, 11) is 0. The average Bonchev–Trinajstić information content (AvgIpc) is 2.76. The van der Waals surface area contributed by atoms with Gasteiger partial charge in [0, 0.05) is 0 Å². The van der Waals surface area contributed by atoms with Gasteiger partial charge in [-0.25, -0.2) is 0 Å². The van der Waals surface area contributed by atoms with Gasteiger partial charge in [0.15, 0.2) is 0 Å². The minimum Gasteiger partial charge on any atom is -0.481 e. The molecule has 0 aromatic rings. The number of fused-ring (bicyclic) bond motifs is 1. The Morgan fingerprint density at radius 2 is 2.00 bits per heavy atom. The SMILES string of the molecule is CCC1=C(C)CCC2(C)C(C(CCC=C(C)C)C(=O)O)CCC12C. The smallest absolute Gasteiger partial charge is 0.306 e. The fraction of sp³-hybridized carbons (Fsp3) is 0.773. The Bertz CT molecular complexity index is 552. The second-order valence-electron chi connectivity index (χ2n) is 8.81. The molecular formula is C22H36O2. The zero-order chi connectivity index (χ0) is 18.1. The Kier molecular flexibility index (Phi) is 5.67. The number of allylic oxidation sites excluding steroid dienone is 4. The lowest BCUT2D eigenvalue weighted by Gasteiger charge is -2.51. The molecule has 0 amide bonds. The predicted molar refractivity (Wildman–Crippen MR) is 101 cm³/mol. The van der Waals surface area contributed by atoms with Gasteiger partial charge in [-0.05, 0) is 82.5 Å². The van der Waals surface area contributed by atoms with E-state index in [2.05, 4.69) is 47.6 Å². The first kappa shape index (κ1) is 19.3. The zero-order valence-electron chi connectivity index (χ0n) is 16.5. The maximum atomic E-state index is 12.1. The summed E-state index contributed by atoms with van der Waals surface area (Å²) in [4.78, 5) is 12.1. The van der Waals surface area contributed by atoms with Crippen LogP contribution in [0.5, 0.6) is 0 Å². The van der Waals surface area contributed by atoms with Crippen LogP contribution in [-0.4, -0.2) is 11.1 Å². The minimum absolute atomic E-state index is 0.131. The molecule has 2 nitrogen and oxygen atoms in total. The second-order valence-corrected chi connectivity index (χ2v) is 8.81. The van der Waals surface area contributed by atoms with Crippen LogP contribution >= 0.6 is 0 Å². The van der Waals surface area contributed by atoms with E-state index in [9.17, 15) is 9.90 Å². The Morgan fingerprint density at radius 3 is 2.54 bits per heavy atom. The first-order valence-corrected chi connectivity index (χ1v) is 9.72. The van der Waals surface area contributed by atoms with Gasteiger partial charge in [0.1, 0.15) is 0 Å². The quantitative estimate of drug-likeness (QED) is 0.573. The third-order valence-corrected chi connectivity index (χ3v) is 7.42. The van der Waals surface area contributed by atoms with Gasteiger partial charge >= 0.3 is 5.97 Å². The molecule has 1 N–H and O–H groups in total. The molecule has 4 atom stereocenters. The molecule has 2 aliphatic rings. The molecule has 0 aromatic heterocycles. The largest absolute Gasteiger partial charge is 0.481 e. The molecule has 0 aromatic carbocycles. The average molecular weight is 333 g/mol. The van der Waals surface area contributed by atoms with E-state index >= 15 is 0 Å². The molecular weight excluding hydrogens is 296 g/mol. The minimum atomic E-state index is -0.586. The van der Waals surface area contributed by atoms with Crippen molar-refractivity contribution in [3.63, 3.8) is 0 Å². The van der Waals surface area contributed by atoms with Crippen LogP contribution in [0.1, 0.15) is 86.5 Å². The van der Waals surface area contributed by atoms with E-state index in [-0.39, 0.29) is 16.7 Å². The Labute approximate surface area is 148 Å². The molecule has 136 valence electrons. The van der Waals surface area contributed by atoms with E-state index in [1.54, 1.807) is 11.1 Å². The van der Waals surface area contributed by atoms with Gasteiger partial charge in [0.05, 0.1) is 5.92 Å². The fourth-order valence-corrected chi connectivity index (χ4v) is 5.87. The summed E-state index contributed by atoms with van der Waals surface area (Å²) >= 11 is 0. The fourth-order valence-electron chi connectivity index (χ4n) is 5.87. The first-order chi connectivity index (χ1) is 11.2. The van der Waals surface area contributed by atoms with Gasteiger partial charge in [-0.2, -0.15) is 0 Å². The highest BCUT2D eigenvalue weighted by molar-refractivity contribution is 5.70. The molecule has 0 saturated heterocycles. The summed E-state index contributed by atoms with van der Waals surface area (Å²) in [5.74, 6) is -0.485. The molecule has 0 spiro atoms. The number of hydrogen-bond donors (Lipinski definition) is 1. The number of rotatable bonds is 6. The normalized spacial score (nSPS) is 34.0. The lowest BCUT2D eigenvalue weighted by molar-refractivity contribution is -0.146. The van der Waals surface area contributed by atoms with Gasteiger partial charge in [-0.15, -0.1) is 0 Å². The number of aliphatic carboxylic acids is 1. The molecule has 0 bridgehead atoms. The number of carboxylic acid groups (broad SMARTS) is 1. The van der Waals surface area contributed by atoms with Gasteiger partial charge in [0.2, 0.25) is 0 Å². The molecule has 4 unspecified atom stereocenters. The molecule has 0 aliphatic heterocycles. The maximum Gasteiger partial charge on any atom is 0.306 e. The van der Waals surface area contributed by atoms with Gasteiger partial charge in [-0.1, -0.05) is 43.6 Å². The zero-order valence-corrected chi connectivity index (χ0v) is 16.5. The van der Waals surface area contributed by atoms with Crippen LogP contribution in [-0.2, 0) is 4.79 Å². The Hall–Kier alpha value is -1.05. The van der Waals surface area contributed by atoms with Crippen LogP contribution in [0.2, 0.25) is 0 Å². The van der Waals surface area contributed by atoms with Crippen molar-refractivity contribution in [1.82, 2.24) is 0 Å². The lowest BCUT2D eigenvalue weighted by Crippen LogP contribution is -2.44. The van der Waals surface area contributed by atoms with Crippen molar-refractivity contribution in [3.8, 4) is 0 Å². The summed E-state index contributed by atoms with van der Waals surface area (Å²) in [6.07, 6.45) is 9.48. The third-order valence-electron chi connectivity index (χ3n) is 7.42. The molecule has 1 saturated carbocycles. The monoisotopic (exact) mass is 332 g/mol. The molecule has 0 radical (unpaired) electrons. The number of hydrogen-bond acceptors (Lipinski definition) is 1. The summed E-state index contributed by atoms with van der Waals surface area (Å²) in [5, 5.41) is 9.93. The summed E-state index contributed by atoms with van der Waals surface area (Å²) in [6.45, 7) is 13.6. The van der Waals surface area contributed by atoms with Crippen molar-refractivity contribution in [2.45, 2.75) is 86.5 Å². The van der Waals surface area contributed by atoms with Gasteiger partial charge < -0.3 is 5.11 Å². The van der Waals surface area contributed by atoms with E-state index < -0.39 is 5.97 Å². The highest BCUT2D eigenvalue weighted by Gasteiger charge is 2.59. The van der Waals surface area contributed by atoms with Crippen molar-refractivity contribution < 1.29 is 9.90 Å². The molecule has 1 fully saturated rings. The van der Waals surface area contributed by atoms with Crippen molar-refractivity contribution in [1.29, 1.82) is 0 Å². The van der Waals surface area contributed by atoms with E-state index in [1.807, 2.05) is 0 Å². The molecule has 0 heterocycles. The van der Waals surface area contributed by atoms with Crippen molar-refractivity contribution in [2.75, 3.05) is 0 Å². The molecule has 24 heavy (non-hydrogen) atoms. The first-order valence-electron chi connectivity index (χ1n) is 9.72. The third kappa shape index (κ3) is 3.09. The maximum absolute atomic E-state index is 12.1.